The quantitative estimate of drug-likeness (QED) is 0.666. The second kappa shape index (κ2) is 5.13. The van der Waals surface area contributed by atoms with Gasteiger partial charge in [0.2, 0.25) is 0 Å². The molecule has 1 atom stereocenters. The van der Waals surface area contributed by atoms with Gasteiger partial charge in [-0.25, -0.2) is 8.78 Å². The van der Waals surface area contributed by atoms with Gasteiger partial charge in [0.05, 0.1) is 5.02 Å². The van der Waals surface area contributed by atoms with Crippen LogP contribution in [0.2, 0.25) is 5.02 Å². The van der Waals surface area contributed by atoms with Gasteiger partial charge >= 0.3 is 0 Å². The number of fused-ring (bicyclic) bond motifs is 1. The summed E-state index contributed by atoms with van der Waals surface area (Å²) >= 11 is 6.97. The highest BCUT2D eigenvalue weighted by molar-refractivity contribution is 7.17. The molecular weight excluding hydrogens is 302 g/mol. The van der Waals surface area contributed by atoms with Crippen molar-refractivity contribution in [1.82, 2.24) is 0 Å². The van der Waals surface area contributed by atoms with Crippen molar-refractivity contribution in [1.29, 1.82) is 0 Å². The Morgan fingerprint density at radius 3 is 2.65 bits per heavy atom. The highest BCUT2D eigenvalue weighted by Crippen LogP contribution is 2.34. The average Bonchev–Trinajstić information content (AvgIpc) is 2.90. The zero-order chi connectivity index (χ0) is 14.3. The molecule has 0 aliphatic heterocycles. The Morgan fingerprint density at radius 1 is 1.05 bits per heavy atom. The third-order valence-electron chi connectivity index (χ3n) is 3.14. The van der Waals surface area contributed by atoms with Crippen LogP contribution in [0.4, 0.5) is 8.78 Å². The van der Waals surface area contributed by atoms with Gasteiger partial charge in [0, 0.05) is 15.8 Å². The molecule has 0 fully saturated rings. The molecule has 0 aliphatic carbocycles. The summed E-state index contributed by atoms with van der Waals surface area (Å²) < 4.78 is 28.2. The molecule has 1 unspecified atom stereocenters. The van der Waals surface area contributed by atoms with Crippen LogP contribution in [0, 0.1) is 11.6 Å². The van der Waals surface area contributed by atoms with Crippen LogP contribution >= 0.6 is 22.9 Å². The molecule has 102 valence electrons. The lowest BCUT2D eigenvalue weighted by atomic mass is 10.00. The summed E-state index contributed by atoms with van der Waals surface area (Å²) in [6.45, 7) is 0. The van der Waals surface area contributed by atoms with Gasteiger partial charge in [-0.15, -0.1) is 11.3 Å². The largest absolute Gasteiger partial charge is 0.383 e. The van der Waals surface area contributed by atoms with Crippen LogP contribution in [0.25, 0.3) is 10.1 Å². The minimum Gasteiger partial charge on any atom is -0.383 e. The Hall–Kier alpha value is -1.49. The maximum Gasteiger partial charge on any atom is 0.142 e. The molecule has 0 saturated carbocycles. The van der Waals surface area contributed by atoms with E-state index < -0.39 is 17.7 Å². The first-order valence-electron chi connectivity index (χ1n) is 5.86. The zero-order valence-electron chi connectivity index (χ0n) is 10.1. The number of rotatable bonds is 2. The van der Waals surface area contributed by atoms with E-state index in [9.17, 15) is 13.9 Å². The molecule has 3 aromatic rings. The summed E-state index contributed by atoms with van der Waals surface area (Å²) in [5.74, 6) is -1.47. The molecule has 0 amide bonds. The Balaban J connectivity index is 2.15. The number of benzene rings is 2. The van der Waals surface area contributed by atoms with Crippen LogP contribution < -0.4 is 0 Å². The van der Waals surface area contributed by atoms with Crippen LogP contribution in [0.15, 0.2) is 41.8 Å². The summed E-state index contributed by atoms with van der Waals surface area (Å²) in [5, 5.41) is 12.9. The van der Waals surface area contributed by atoms with Crippen LogP contribution in [0.5, 0.6) is 0 Å². The average molecular weight is 311 g/mol. The van der Waals surface area contributed by atoms with E-state index in [-0.39, 0.29) is 10.6 Å². The van der Waals surface area contributed by atoms with E-state index in [1.54, 1.807) is 12.1 Å². The van der Waals surface area contributed by atoms with Crippen molar-refractivity contribution in [3.05, 3.63) is 69.6 Å². The van der Waals surface area contributed by atoms with Gasteiger partial charge in [-0.05, 0) is 29.0 Å². The molecule has 0 bridgehead atoms. The lowest BCUT2D eigenvalue weighted by Crippen LogP contribution is -2.04. The third kappa shape index (κ3) is 2.20. The van der Waals surface area contributed by atoms with Crippen molar-refractivity contribution in [3.63, 3.8) is 0 Å². The first kappa shape index (κ1) is 13.5. The predicted molar refractivity (Wildman–Crippen MR) is 77.3 cm³/mol. The van der Waals surface area contributed by atoms with Gasteiger partial charge in [-0.2, -0.15) is 0 Å². The van der Waals surface area contributed by atoms with E-state index in [0.29, 0.717) is 5.56 Å². The standard InChI is InChI=1S/C15H9ClF2OS/c16-11-7-12(17)10(6-13(11)18)14(19)9-3-1-2-8-4-5-20-15(8)9/h1-7,14,19H. The van der Waals surface area contributed by atoms with Gasteiger partial charge in [-0.3, -0.25) is 0 Å². The molecule has 5 heteroatoms. The molecule has 1 nitrogen and oxygen atoms in total. The monoisotopic (exact) mass is 310 g/mol. The Morgan fingerprint density at radius 2 is 1.85 bits per heavy atom. The molecule has 0 spiro atoms. The lowest BCUT2D eigenvalue weighted by Gasteiger charge is -2.14. The number of halogens is 3. The number of hydrogen-bond donors (Lipinski definition) is 1. The normalized spacial score (nSPS) is 12.8. The molecule has 1 N–H and O–H groups in total. The molecule has 0 saturated heterocycles. The van der Waals surface area contributed by atoms with Gasteiger partial charge in [0.15, 0.2) is 0 Å². The molecular formula is C15H9ClF2OS. The van der Waals surface area contributed by atoms with Crippen LogP contribution in [-0.2, 0) is 0 Å². The Kier molecular flexibility index (Phi) is 3.46. The van der Waals surface area contributed by atoms with E-state index in [2.05, 4.69) is 0 Å². The van der Waals surface area contributed by atoms with E-state index in [1.165, 1.54) is 11.3 Å². The van der Waals surface area contributed by atoms with Gasteiger partial charge in [0.1, 0.15) is 17.7 Å². The Bertz CT molecular complexity index is 785. The highest BCUT2D eigenvalue weighted by atomic mass is 35.5. The summed E-state index contributed by atoms with van der Waals surface area (Å²) in [7, 11) is 0. The minimum atomic E-state index is -1.23. The Labute approximate surface area is 123 Å². The molecule has 1 aromatic heterocycles. The van der Waals surface area contributed by atoms with E-state index in [4.69, 9.17) is 11.6 Å². The van der Waals surface area contributed by atoms with Crippen molar-refractivity contribution >= 4 is 33.0 Å². The molecule has 2 aromatic carbocycles. The smallest absolute Gasteiger partial charge is 0.142 e. The highest BCUT2D eigenvalue weighted by Gasteiger charge is 2.20. The maximum absolute atomic E-state index is 13.9. The fraction of sp³-hybridized carbons (Fsp3) is 0.0667. The number of thiophene rings is 1. The van der Waals surface area contributed by atoms with Crippen molar-refractivity contribution in [2.75, 3.05) is 0 Å². The maximum atomic E-state index is 13.9. The molecule has 20 heavy (non-hydrogen) atoms. The van der Waals surface area contributed by atoms with Crippen molar-refractivity contribution in [3.8, 4) is 0 Å². The number of aliphatic hydroxyl groups excluding tert-OH is 1. The van der Waals surface area contributed by atoms with Crippen LogP contribution in [0.1, 0.15) is 17.2 Å². The second-order valence-corrected chi connectivity index (χ2v) is 5.70. The van der Waals surface area contributed by atoms with Gasteiger partial charge in [-0.1, -0.05) is 29.8 Å². The molecule has 0 radical (unpaired) electrons. The van der Waals surface area contributed by atoms with E-state index in [1.807, 2.05) is 17.5 Å². The third-order valence-corrected chi connectivity index (χ3v) is 4.41. The SMILES string of the molecule is OC(c1cc(F)c(Cl)cc1F)c1cccc2ccsc12. The minimum absolute atomic E-state index is 0.118. The molecule has 0 aliphatic rings. The number of aliphatic hydroxyl groups is 1. The van der Waals surface area contributed by atoms with Gasteiger partial charge in [0.25, 0.3) is 0 Å². The fourth-order valence-corrected chi connectivity index (χ4v) is 3.24. The molecule has 3 rings (SSSR count). The summed E-state index contributed by atoms with van der Waals surface area (Å²) in [5.41, 5.74) is 0.436. The summed E-state index contributed by atoms with van der Waals surface area (Å²) in [4.78, 5) is 0. The van der Waals surface area contributed by atoms with Crippen LogP contribution in [0.3, 0.4) is 0 Å². The van der Waals surface area contributed by atoms with E-state index in [0.717, 1.165) is 22.2 Å². The number of hydrogen-bond acceptors (Lipinski definition) is 2. The zero-order valence-corrected chi connectivity index (χ0v) is 11.7. The van der Waals surface area contributed by atoms with E-state index >= 15 is 0 Å². The van der Waals surface area contributed by atoms with Crippen molar-refractivity contribution in [2.45, 2.75) is 6.10 Å². The van der Waals surface area contributed by atoms with Crippen molar-refractivity contribution < 1.29 is 13.9 Å². The van der Waals surface area contributed by atoms with Gasteiger partial charge < -0.3 is 5.11 Å². The summed E-state index contributed by atoms with van der Waals surface area (Å²) in [6.07, 6.45) is -1.23. The van der Waals surface area contributed by atoms with Crippen LogP contribution in [-0.4, -0.2) is 5.11 Å². The second-order valence-electron chi connectivity index (χ2n) is 4.38. The topological polar surface area (TPSA) is 20.2 Å². The fourth-order valence-electron chi connectivity index (χ4n) is 2.15. The summed E-state index contributed by atoms with van der Waals surface area (Å²) in [6, 6.07) is 9.11. The van der Waals surface area contributed by atoms with Crippen molar-refractivity contribution in [2.24, 2.45) is 0 Å². The predicted octanol–water partition coefficient (Wildman–Crippen LogP) is 4.91. The first-order chi connectivity index (χ1) is 9.58. The molecule has 1 heterocycles. The lowest BCUT2D eigenvalue weighted by molar-refractivity contribution is 0.216. The first-order valence-corrected chi connectivity index (χ1v) is 7.12.